The van der Waals surface area contributed by atoms with Crippen LogP contribution < -0.4 is 9.62 Å². The Kier molecular flexibility index (Phi) is 8.86. The molecular formula is C28H33N3O5S2. The Labute approximate surface area is 225 Å². The van der Waals surface area contributed by atoms with E-state index in [0.29, 0.717) is 30.0 Å². The molecule has 1 fully saturated rings. The van der Waals surface area contributed by atoms with Crippen LogP contribution in [0.4, 0.5) is 11.4 Å². The van der Waals surface area contributed by atoms with Crippen LogP contribution in [-0.4, -0.2) is 53.1 Å². The molecule has 202 valence electrons. The van der Waals surface area contributed by atoms with Gasteiger partial charge < -0.3 is 5.32 Å². The van der Waals surface area contributed by atoms with Crippen molar-refractivity contribution in [2.24, 2.45) is 0 Å². The molecule has 0 radical (unpaired) electrons. The van der Waals surface area contributed by atoms with Crippen LogP contribution in [0.3, 0.4) is 0 Å². The summed E-state index contributed by atoms with van der Waals surface area (Å²) in [5, 5.41) is 3.01. The number of benzene rings is 3. The molecule has 0 amide bonds. The van der Waals surface area contributed by atoms with E-state index in [1.54, 1.807) is 55.5 Å². The summed E-state index contributed by atoms with van der Waals surface area (Å²) in [6, 6.07) is 21.3. The van der Waals surface area contributed by atoms with Gasteiger partial charge in [0.2, 0.25) is 10.0 Å². The van der Waals surface area contributed by atoms with Crippen LogP contribution in [0.25, 0.3) is 0 Å². The van der Waals surface area contributed by atoms with Crippen molar-refractivity contribution in [2.45, 2.75) is 42.4 Å². The van der Waals surface area contributed by atoms with Crippen molar-refractivity contribution in [3.05, 3.63) is 84.4 Å². The second-order valence-electron chi connectivity index (χ2n) is 9.15. The molecule has 0 unspecified atom stereocenters. The number of sulfonamides is 2. The highest BCUT2D eigenvalue weighted by Gasteiger charge is 2.26. The second kappa shape index (κ2) is 12.1. The number of carbonyl (C=O) groups is 1. The lowest BCUT2D eigenvalue weighted by atomic mass is 10.1. The predicted octanol–water partition coefficient (Wildman–Crippen LogP) is 4.76. The van der Waals surface area contributed by atoms with Crippen LogP contribution in [0.1, 0.15) is 43.0 Å². The van der Waals surface area contributed by atoms with Crippen LogP contribution in [0.5, 0.6) is 0 Å². The summed E-state index contributed by atoms with van der Waals surface area (Å²) in [5.74, 6) is -0.268. The number of para-hydroxylation sites is 1. The fraction of sp³-hybridized carbons (Fsp3) is 0.321. The van der Waals surface area contributed by atoms with E-state index in [9.17, 15) is 21.6 Å². The first-order valence-corrected chi connectivity index (χ1v) is 15.7. The molecule has 0 aromatic heterocycles. The Bertz CT molecular complexity index is 1450. The summed E-state index contributed by atoms with van der Waals surface area (Å²) in [6.07, 6.45) is 3.72. The minimum Gasteiger partial charge on any atom is -0.378 e. The average molecular weight is 556 g/mol. The largest absolute Gasteiger partial charge is 0.378 e. The van der Waals surface area contributed by atoms with E-state index in [-0.39, 0.29) is 28.7 Å². The maximum atomic E-state index is 13.2. The predicted molar refractivity (Wildman–Crippen MR) is 150 cm³/mol. The van der Waals surface area contributed by atoms with Crippen molar-refractivity contribution in [2.75, 3.05) is 35.8 Å². The Morgan fingerprint density at radius 2 is 1.47 bits per heavy atom. The zero-order chi connectivity index (χ0) is 27.2. The molecule has 1 N–H and O–H groups in total. The third kappa shape index (κ3) is 6.25. The number of carbonyl (C=O) groups excluding carboxylic acids is 1. The van der Waals surface area contributed by atoms with Gasteiger partial charge in [-0.1, -0.05) is 43.2 Å². The SMILES string of the molecule is CCN(c1ccccc1)S(=O)(=O)c1ccc(NCC(=O)c2cccc(S(=O)(=O)N3CCCCCC3)c2)cc1. The van der Waals surface area contributed by atoms with Gasteiger partial charge in [-0.25, -0.2) is 16.8 Å². The lowest BCUT2D eigenvalue weighted by Crippen LogP contribution is -2.32. The van der Waals surface area contributed by atoms with E-state index in [0.717, 1.165) is 25.7 Å². The van der Waals surface area contributed by atoms with Gasteiger partial charge in [0.05, 0.1) is 22.0 Å². The molecule has 0 aliphatic carbocycles. The highest BCUT2D eigenvalue weighted by atomic mass is 32.2. The van der Waals surface area contributed by atoms with Gasteiger partial charge in [-0.2, -0.15) is 4.31 Å². The number of Topliss-reactive ketones (excluding diaryl/α,β-unsaturated/α-hetero) is 1. The number of hydrogen-bond donors (Lipinski definition) is 1. The first-order chi connectivity index (χ1) is 18.2. The van der Waals surface area contributed by atoms with Crippen molar-refractivity contribution < 1.29 is 21.6 Å². The zero-order valence-corrected chi connectivity index (χ0v) is 23.0. The van der Waals surface area contributed by atoms with E-state index in [1.807, 2.05) is 6.07 Å². The molecule has 1 heterocycles. The van der Waals surface area contributed by atoms with Crippen molar-refractivity contribution >= 4 is 37.2 Å². The molecule has 8 nitrogen and oxygen atoms in total. The highest BCUT2D eigenvalue weighted by Crippen LogP contribution is 2.25. The van der Waals surface area contributed by atoms with E-state index < -0.39 is 20.0 Å². The van der Waals surface area contributed by atoms with Gasteiger partial charge in [0.1, 0.15) is 0 Å². The van der Waals surface area contributed by atoms with Gasteiger partial charge in [0, 0.05) is 30.9 Å². The monoisotopic (exact) mass is 555 g/mol. The third-order valence-electron chi connectivity index (χ3n) is 6.59. The van der Waals surface area contributed by atoms with Crippen LogP contribution >= 0.6 is 0 Å². The Morgan fingerprint density at radius 1 is 0.816 bits per heavy atom. The average Bonchev–Trinajstić information content (AvgIpc) is 3.23. The van der Waals surface area contributed by atoms with Gasteiger partial charge in [-0.3, -0.25) is 9.10 Å². The highest BCUT2D eigenvalue weighted by molar-refractivity contribution is 7.92. The normalized spacial score (nSPS) is 15.0. The molecule has 4 rings (SSSR count). The van der Waals surface area contributed by atoms with E-state index in [4.69, 9.17) is 0 Å². The Morgan fingerprint density at radius 3 is 2.11 bits per heavy atom. The minimum atomic E-state index is -3.75. The quantitative estimate of drug-likeness (QED) is 0.362. The molecule has 38 heavy (non-hydrogen) atoms. The van der Waals surface area contributed by atoms with Gasteiger partial charge in [0.25, 0.3) is 10.0 Å². The van der Waals surface area contributed by atoms with Crippen molar-refractivity contribution in [3.8, 4) is 0 Å². The lowest BCUT2D eigenvalue weighted by molar-refractivity contribution is 0.101. The van der Waals surface area contributed by atoms with Gasteiger partial charge in [0.15, 0.2) is 5.78 Å². The van der Waals surface area contributed by atoms with Gasteiger partial charge in [-0.05, 0) is 68.3 Å². The molecule has 0 spiro atoms. The number of rotatable bonds is 10. The van der Waals surface area contributed by atoms with Crippen LogP contribution in [-0.2, 0) is 20.0 Å². The number of hydrogen-bond acceptors (Lipinski definition) is 6. The van der Waals surface area contributed by atoms with Gasteiger partial charge in [-0.15, -0.1) is 0 Å². The van der Waals surface area contributed by atoms with Crippen LogP contribution in [0.2, 0.25) is 0 Å². The van der Waals surface area contributed by atoms with Crippen molar-refractivity contribution in [3.63, 3.8) is 0 Å². The van der Waals surface area contributed by atoms with Crippen molar-refractivity contribution in [1.82, 2.24) is 4.31 Å². The van der Waals surface area contributed by atoms with E-state index in [2.05, 4.69) is 5.32 Å². The molecule has 10 heteroatoms. The smallest absolute Gasteiger partial charge is 0.264 e. The van der Waals surface area contributed by atoms with Crippen molar-refractivity contribution in [1.29, 1.82) is 0 Å². The van der Waals surface area contributed by atoms with Crippen LogP contribution in [0.15, 0.2) is 88.7 Å². The first kappa shape index (κ1) is 27.8. The molecular weight excluding hydrogens is 522 g/mol. The summed E-state index contributed by atoms with van der Waals surface area (Å²) in [7, 11) is -7.40. The van der Waals surface area contributed by atoms with Crippen LogP contribution in [0, 0.1) is 0 Å². The second-order valence-corrected chi connectivity index (χ2v) is 13.0. The van der Waals surface area contributed by atoms with Gasteiger partial charge >= 0.3 is 0 Å². The molecule has 1 aliphatic heterocycles. The number of nitrogens with one attached hydrogen (secondary N) is 1. The summed E-state index contributed by atoms with van der Waals surface area (Å²) < 4.78 is 55.4. The zero-order valence-electron chi connectivity index (χ0n) is 21.4. The fourth-order valence-corrected chi connectivity index (χ4v) is 7.54. The minimum absolute atomic E-state index is 0.0651. The summed E-state index contributed by atoms with van der Waals surface area (Å²) in [5.41, 5.74) is 1.46. The third-order valence-corrected chi connectivity index (χ3v) is 10.4. The van der Waals surface area contributed by atoms with E-state index in [1.165, 1.54) is 32.9 Å². The molecule has 1 saturated heterocycles. The topological polar surface area (TPSA) is 104 Å². The summed E-state index contributed by atoms with van der Waals surface area (Å²) >= 11 is 0. The number of ketones is 1. The number of anilines is 2. The molecule has 1 aliphatic rings. The molecule has 0 atom stereocenters. The molecule has 0 bridgehead atoms. The van der Waals surface area contributed by atoms with E-state index >= 15 is 0 Å². The standard InChI is InChI=1S/C28H33N3O5S2/c1-2-31(25-12-6-5-7-13-25)38(35,36)26-17-15-24(16-18-26)29-22-28(32)23-11-10-14-27(21-23)37(33,34)30-19-8-3-4-9-20-30/h5-7,10-18,21,29H,2-4,8-9,19-20,22H2,1H3. The fourth-order valence-electron chi connectivity index (χ4n) is 4.50. The number of nitrogens with zero attached hydrogens (tertiary/aromatic N) is 2. The maximum absolute atomic E-state index is 13.2. The molecule has 3 aromatic rings. The Balaban J connectivity index is 1.43. The summed E-state index contributed by atoms with van der Waals surface area (Å²) in [6.45, 7) is 2.99. The maximum Gasteiger partial charge on any atom is 0.264 e. The Hall–Kier alpha value is -3.21. The summed E-state index contributed by atoms with van der Waals surface area (Å²) in [4.78, 5) is 13.1. The first-order valence-electron chi connectivity index (χ1n) is 12.8. The molecule has 0 saturated carbocycles. The molecule has 3 aromatic carbocycles. The lowest BCUT2D eigenvalue weighted by Gasteiger charge is -2.23.